The van der Waals surface area contributed by atoms with Crippen LogP contribution in [-0.4, -0.2) is 99.4 Å². The number of piperazine rings is 1. The molecule has 0 saturated carbocycles. The van der Waals surface area contributed by atoms with Crippen LogP contribution < -0.4 is 9.47 Å². The molecule has 0 unspecified atom stereocenters. The van der Waals surface area contributed by atoms with Gasteiger partial charge in [0.2, 0.25) is 0 Å². The van der Waals surface area contributed by atoms with Crippen LogP contribution in [0.4, 0.5) is 0 Å². The molecule has 3 aliphatic heterocycles. The molecule has 0 radical (unpaired) electrons. The highest BCUT2D eigenvalue weighted by Gasteiger charge is 2.27. The van der Waals surface area contributed by atoms with Crippen molar-refractivity contribution >= 4 is 5.91 Å². The lowest BCUT2D eigenvalue weighted by atomic mass is 10.1. The van der Waals surface area contributed by atoms with Crippen molar-refractivity contribution in [3.05, 3.63) is 23.8 Å². The van der Waals surface area contributed by atoms with Crippen molar-refractivity contribution in [3.63, 3.8) is 0 Å². The Morgan fingerprint density at radius 3 is 2.48 bits per heavy atom. The first-order valence-corrected chi connectivity index (χ1v) is 10.0. The van der Waals surface area contributed by atoms with Crippen molar-refractivity contribution in [1.82, 2.24) is 14.7 Å². The normalized spacial score (nSPS) is 21.7. The van der Waals surface area contributed by atoms with E-state index >= 15 is 0 Å². The first-order valence-electron chi connectivity index (χ1n) is 10.0. The topological polar surface area (TPSA) is 54.5 Å². The largest absolute Gasteiger partial charge is 0.486 e. The average Bonchev–Trinajstić information content (AvgIpc) is 3.01. The maximum Gasteiger partial charge on any atom is 0.257 e. The van der Waals surface area contributed by atoms with Gasteiger partial charge in [-0.1, -0.05) is 6.07 Å². The maximum atomic E-state index is 13.0. The van der Waals surface area contributed by atoms with Gasteiger partial charge >= 0.3 is 0 Å². The molecule has 3 heterocycles. The number of fused-ring (bicyclic) bond motifs is 1. The van der Waals surface area contributed by atoms with Crippen LogP contribution in [0.1, 0.15) is 16.8 Å². The highest BCUT2D eigenvalue weighted by molar-refractivity contribution is 5.98. The van der Waals surface area contributed by atoms with Crippen molar-refractivity contribution in [2.45, 2.75) is 6.42 Å². The number of ether oxygens (including phenoxy) is 3. The van der Waals surface area contributed by atoms with Crippen LogP contribution in [0.5, 0.6) is 11.5 Å². The summed E-state index contributed by atoms with van der Waals surface area (Å²) < 4.78 is 16.8. The summed E-state index contributed by atoms with van der Waals surface area (Å²) in [5, 5.41) is 0. The smallest absolute Gasteiger partial charge is 0.257 e. The van der Waals surface area contributed by atoms with Crippen molar-refractivity contribution in [2.75, 3.05) is 78.8 Å². The summed E-state index contributed by atoms with van der Waals surface area (Å²) in [5.41, 5.74) is 0.616. The zero-order chi connectivity index (χ0) is 18.5. The SMILES string of the molecule is O=C(c1cccc2c1OCCO2)N1CCN(CCN2CCCOCC2)CC1. The number of para-hydroxylation sites is 1. The lowest BCUT2D eigenvalue weighted by Crippen LogP contribution is -2.50. The average molecular weight is 375 g/mol. The Kier molecular flexibility index (Phi) is 6.11. The molecular weight excluding hydrogens is 346 g/mol. The number of rotatable bonds is 4. The van der Waals surface area contributed by atoms with Gasteiger partial charge in [0.15, 0.2) is 11.5 Å². The summed E-state index contributed by atoms with van der Waals surface area (Å²) in [6.45, 7) is 10.4. The van der Waals surface area contributed by atoms with E-state index in [1.807, 2.05) is 23.1 Å². The van der Waals surface area contributed by atoms with Crippen molar-refractivity contribution < 1.29 is 19.0 Å². The summed E-state index contributed by atoms with van der Waals surface area (Å²) in [7, 11) is 0. The van der Waals surface area contributed by atoms with Crippen molar-refractivity contribution in [1.29, 1.82) is 0 Å². The summed E-state index contributed by atoms with van der Waals surface area (Å²) in [4.78, 5) is 19.8. The quantitative estimate of drug-likeness (QED) is 0.781. The molecule has 0 aliphatic carbocycles. The van der Waals surface area contributed by atoms with Gasteiger partial charge in [0.1, 0.15) is 13.2 Å². The number of benzene rings is 1. The Morgan fingerprint density at radius 2 is 1.63 bits per heavy atom. The van der Waals surface area contributed by atoms with E-state index in [2.05, 4.69) is 9.80 Å². The molecule has 0 N–H and O–H groups in total. The minimum atomic E-state index is 0.0432. The molecule has 1 amide bonds. The summed E-state index contributed by atoms with van der Waals surface area (Å²) in [6.07, 6.45) is 1.12. The molecule has 7 heteroatoms. The lowest BCUT2D eigenvalue weighted by molar-refractivity contribution is 0.0612. The second-order valence-corrected chi connectivity index (χ2v) is 7.27. The van der Waals surface area contributed by atoms with Crippen molar-refractivity contribution in [2.24, 2.45) is 0 Å². The van der Waals surface area contributed by atoms with Crippen LogP contribution in [0.3, 0.4) is 0 Å². The predicted molar refractivity (Wildman–Crippen MR) is 102 cm³/mol. The second-order valence-electron chi connectivity index (χ2n) is 7.27. The van der Waals surface area contributed by atoms with Crippen LogP contribution in [-0.2, 0) is 4.74 Å². The number of hydrogen-bond donors (Lipinski definition) is 0. The van der Waals surface area contributed by atoms with Gasteiger partial charge in [0.25, 0.3) is 5.91 Å². The second kappa shape index (κ2) is 8.91. The minimum absolute atomic E-state index is 0.0432. The molecule has 0 spiro atoms. The summed E-state index contributed by atoms with van der Waals surface area (Å²) >= 11 is 0. The van der Waals surface area contributed by atoms with Crippen LogP contribution in [0.15, 0.2) is 18.2 Å². The highest BCUT2D eigenvalue weighted by atomic mass is 16.6. The molecule has 4 rings (SSSR count). The van der Waals surface area contributed by atoms with Gasteiger partial charge in [-0.25, -0.2) is 0 Å². The number of amides is 1. The van der Waals surface area contributed by atoms with Crippen LogP contribution in [0, 0.1) is 0 Å². The molecule has 2 fully saturated rings. The molecule has 0 aromatic heterocycles. The van der Waals surface area contributed by atoms with Gasteiger partial charge in [-0.3, -0.25) is 14.6 Å². The molecule has 1 aromatic carbocycles. The van der Waals surface area contributed by atoms with Gasteiger partial charge in [-0.2, -0.15) is 0 Å². The fourth-order valence-corrected chi connectivity index (χ4v) is 3.89. The minimum Gasteiger partial charge on any atom is -0.486 e. The van der Waals surface area contributed by atoms with Crippen LogP contribution in [0.2, 0.25) is 0 Å². The monoisotopic (exact) mass is 375 g/mol. The Morgan fingerprint density at radius 1 is 0.852 bits per heavy atom. The molecule has 1 aromatic rings. The third kappa shape index (κ3) is 4.54. The van der Waals surface area contributed by atoms with Gasteiger partial charge in [0, 0.05) is 59.0 Å². The third-order valence-electron chi connectivity index (χ3n) is 5.50. The first kappa shape index (κ1) is 18.5. The van der Waals surface area contributed by atoms with E-state index in [-0.39, 0.29) is 5.91 Å². The lowest BCUT2D eigenvalue weighted by Gasteiger charge is -2.36. The molecule has 148 valence electrons. The van der Waals surface area contributed by atoms with E-state index in [0.29, 0.717) is 30.3 Å². The van der Waals surface area contributed by atoms with E-state index in [4.69, 9.17) is 14.2 Å². The maximum absolute atomic E-state index is 13.0. The van der Waals surface area contributed by atoms with E-state index in [9.17, 15) is 4.79 Å². The van der Waals surface area contributed by atoms with Gasteiger partial charge < -0.3 is 19.1 Å². The zero-order valence-corrected chi connectivity index (χ0v) is 15.9. The molecule has 0 atom stereocenters. The Bertz CT molecular complexity index is 638. The van der Waals surface area contributed by atoms with Crippen molar-refractivity contribution in [3.8, 4) is 11.5 Å². The molecule has 2 saturated heterocycles. The van der Waals surface area contributed by atoms with E-state index in [1.54, 1.807) is 0 Å². The number of hydrogen-bond acceptors (Lipinski definition) is 6. The molecule has 0 bridgehead atoms. The number of nitrogens with zero attached hydrogens (tertiary/aromatic N) is 3. The molecule has 3 aliphatic rings. The predicted octanol–water partition coefficient (Wildman–Crippen LogP) is 0.938. The molecule has 7 nitrogen and oxygen atoms in total. The zero-order valence-electron chi connectivity index (χ0n) is 15.9. The fraction of sp³-hybridized carbons (Fsp3) is 0.650. The Hall–Kier alpha value is -1.83. The third-order valence-corrected chi connectivity index (χ3v) is 5.50. The fourth-order valence-electron chi connectivity index (χ4n) is 3.89. The van der Waals surface area contributed by atoms with Gasteiger partial charge in [-0.15, -0.1) is 0 Å². The van der Waals surface area contributed by atoms with Gasteiger partial charge in [-0.05, 0) is 18.6 Å². The van der Waals surface area contributed by atoms with E-state index in [1.165, 1.54) is 0 Å². The molecule has 27 heavy (non-hydrogen) atoms. The van der Waals surface area contributed by atoms with Crippen LogP contribution >= 0.6 is 0 Å². The highest BCUT2D eigenvalue weighted by Crippen LogP contribution is 2.34. The Balaban J connectivity index is 1.28. The Labute approximate surface area is 160 Å². The summed E-state index contributed by atoms with van der Waals surface area (Å²) in [6, 6.07) is 5.56. The number of carbonyl (C=O) groups is 1. The first-order chi connectivity index (χ1) is 13.3. The standard InChI is InChI=1S/C20H29N3O4/c24-20(17-3-1-4-18-19(17)27-16-15-26-18)23-10-8-22(9-11-23)7-6-21-5-2-13-25-14-12-21/h1,3-4H,2,5-16H2. The van der Waals surface area contributed by atoms with E-state index < -0.39 is 0 Å². The number of carbonyl (C=O) groups excluding carboxylic acids is 1. The van der Waals surface area contributed by atoms with Gasteiger partial charge in [0.05, 0.1) is 12.2 Å². The van der Waals surface area contributed by atoms with Crippen LogP contribution in [0.25, 0.3) is 0 Å². The molecular formula is C20H29N3O4. The van der Waals surface area contributed by atoms with E-state index in [0.717, 1.165) is 72.0 Å². The summed E-state index contributed by atoms with van der Waals surface area (Å²) in [5.74, 6) is 1.31.